The molecule has 2 aliphatic rings. The zero-order chi connectivity index (χ0) is 9.10. The Hall–Kier alpha value is -1.25. The summed E-state index contributed by atoms with van der Waals surface area (Å²) >= 11 is 0. The molecule has 1 saturated carbocycles. The van der Waals surface area contributed by atoms with Gasteiger partial charge in [-0.2, -0.15) is 0 Å². The predicted octanol–water partition coefficient (Wildman–Crippen LogP) is 2.75. The molecule has 1 amide bonds. The van der Waals surface area contributed by atoms with Crippen LogP contribution in [0.4, 0.5) is 0 Å². The Bertz CT molecular complexity index is 287. The van der Waals surface area contributed by atoms with Crippen LogP contribution in [0.3, 0.4) is 0 Å². The van der Waals surface area contributed by atoms with Gasteiger partial charge in [0.15, 0.2) is 0 Å². The number of allylic oxidation sites excluding steroid dienone is 2. The highest BCUT2D eigenvalue weighted by Crippen LogP contribution is 2.27. The molecule has 0 spiro atoms. The molecule has 1 fully saturated rings. The van der Waals surface area contributed by atoms with Gasteiger partial charge in [-0.15, -0.1) is 10.2 Å². The fraction of sp³-hybridized carbons (Fsp3) is 0.500. The number of carbonyl (C=O) groups excluding carboxylic acids is 1. The summed E-state index contributed by atoms with van der Waals surface area (Å²) in [5.41, 5.74) is 2.28. The number of rotatable bonds is 0. The fourth-order valence-corrected chi connectivity index (χ4v) is 1.74. The monoisotopic (exact) mass is 176 g/mol. The van der Waals surface area contributed by atoms with Crippen LogP contribution >= 0.6 is 0 Å². The second-order valence-electron chi connectivity index (χ2n) is 3.42. The molecule has 0 unspecified atom stereocenters. The number of amides is 1. The molecule has 1 heterocycles. The SMILES string of the molecule is O=C1C=CC(=C2CCCCC2)N=N1. The Morgan fingerprint density at radius 1 is 1.00 bits per heavy atom. The van der Waals surface area contributed by atoms with Crippen LogP contribution in [0.25, 0.3) is 0 Å². The molecule has 0 bridgehead atoms. The molecule has 2 rings (SSSR count). The number of carbonyl (C=O) groups is 1. The first-order chi connectivity index (χ1) is 6.36. The molecule has 0 N–H and O–H groups in total. The van der Waals surface area contributed by atoms with Crippen molar-refractivity contribution in [2.45, 2.75) is 32.1 Å². The third-order valence-corrected chi connectivity index (χ3v) is 2.46. The first-order valence-electron chi connectivity index (χ1n) is 4.72. The van der Waals surface area contributed by atoms with Gasteiger partial charge in [-0.3, -0.25) is 4.79 Å². The smallest absolute Gasteiger partial charge is 0.266 e. The van der Waals surface area contributed by atoms with E-state index in [0.29, 0.717) is 0 Å². The molecule has 0 aromatic carbocycles. The quantitative estimate of drug-likeness (QED) is 0.559. The topological polar surface area (TPSA) is 41.8 Å². The minimum atomic E-state index is -0.250. The Kier molecular flexibility index (Phi) is 2.34. The van der Waals surface area contributed by atoms with Crippen LogP contribution in [0.5, 0.6) is 0 Å². The lowest BCUT2D eigenvalue weighted by atomic mass is 9.93. The van der Waals surface area contributed by atoms with Gasteiger partial charge in [0.1, 0.15) is 0 Å². The van der Waals surface area contributed by atoms with Crippen molar-refractivity contribution in [1.29, 1.82) is 0 Å². The largest absolute Gasteiger partial charge is 0.288 e. The Morgan fingerprint density at radius 3 is 2.38 bits per heavy atom. The van der Waals surface area contributed by atoms with Gasteiger partial charge in [0.25, 0.3) is 5.91 Å². The summed E-state index contributed by atoms with van der Waals surface area (Å²) in [7, 11) is 0. The molecule has 3 heteroatoms. The minimum Gasteiger partial charge on any atom is -0.266 e. The molecule has 68 valence electrons. The van der Waals surface area contributed by atoms with Crippen LogP contribution in [0, 0.1) is 0 Å². The lowest BCUT2D eigenvalue weighted by molar-refractivity contribution is -0.114. The van der Waals surface area contributed by atoms with E-state index in [0.717, 1.165) is 18.5 Å². The maximum absolute atomic E-state index is 10.7. The van der Waals surface area contributed by atoms with E-state index in [1.54, 1.807) is 6.08 Å². The van der Waals surface area contributed by atoms with Crippen molar-refractivity contribution in [1.82, 2.24) is 0 Å². The lowest BCUT2D eigenvalue weighted by Gasteiger charge is -2.15. The Morgan fingerprint density at radius 2 is 1.77 bits per heavy atom. The average molecular weight is 176 g/mol. The van der Waals surface area contributed by atoms with Gasteiger partial charge in [-0.1, -0.05) is 6.42 Å². The molecule has 0 aromatic heterocycles. The van der Waals surface area contributed by atoms with E-state index in [9.17, 15) is 4.79 Å². The zero-order valence-corrected chi connectivity index (χ0v) is 7.49. The normalized spacial score (nSPS) is 22.6. The molecule has 3 nitrogen and oxygen atoms in total. The number of azo groups is 1. The van der Waals surface area contributed by atoms with Crippen LogP contribution in [0.15, 0.2) is 33.7 Å². The second-order valence-corrected chi connectivity index (χ2v) is 3.42. The van der Waals surface area contributed by atoms with Crippen molar-refractivity contribution in [3.63, 3.8) is 0 Å². The molecule has 13 heavy (non-hydrogen) atoms. The maximum Gasteiger partial charge on any atom is 0.288 e. The van der Waals surface area contributed by atoms with Crippen molar-refractivity contribution in [2.24, 2.45) is 10.2 Å². The lowest BCUT2D eigenvalue weighted by Crippen LogP contribution is -1.99. The van der Waals surface area contributed by atoms with E-state index in [1.165, 1.54) is 30.9 Å². The van der Waals surface area contributed by atoms with Crippen molar-refractivity contribution >= 4 is 5.91 Å². The van der Waals surface area contributed by atoms with Crippen LogP contribution in [0.1, 0.15) is 32.1 Å². The van der Waals surface area contributed by atoms with E-state index in [2.05, 4.69) is 10.2 Å². The van der Waals surface area contributed by atoms with Crippen molar-refractivity contribution in [3.8, 4) is 0 Å². The summed E-state index contributed by atoms with van der Waals surface area (Å²) < 4.78 is 0. The minimum absolute atomic E-state index is 0.250. The first-order valence-corrected chi connectivity index (χ1v) is 4.72. The van der Waals surface area contributed by atoms with Gasteiger partial charge < -0.3 is 0 Å². The summed E-state index contributed by atoms with van der Waals surface area (Å²) in [5, 5.41) is 7.43. The van der Waals surface area contributed by atoms with Gasteiger partial charge >= 0.3 is 0 Å². The molecule has 1 aliphatic carbocycles. The van der Waals surface area contributed by atoms with Gasteiger partial charge in [-0.05, 0) is 37.3 Å². The van der Waals surface area contributed by atoms with Crippen LogP contribution in [-0.2, 0) is 4.79 Å². The van der Waals surface area contributed by atoms with Crippen LogP contribution in [-0.4, -0.2) is 5.91 Å². The standard InChI is InChI=1S/C10H12N2O/c13-10-7-6-9(11-12-10)8-4-2-1-3-5-8/h6-7H,1-5H2. The molecule has 1 aliphatic heterocycles. The highest BCUT2D eigenvalue weighted by molar-refractivity contribution is 5.89. The Balaban J connectivity index is 2.18. The van der Waals surface area contributed by atoms with Crippen LogP contribution < -0.4 is 0 Å². The molecule has 0 saturated heterocycles. The number of nitrogens with zero attached hydrogens (tertiary/aromatic N) is 2. The predicted molar refractivity (Wildman–Crippen MR) is 49.1 cm³/mol. The van der Waals surface area contributed by atoms with E-state index in [4.69, 9.17) is 0 Å². The second kappa shape index (κ2) is 3.64. The van der Waals surface area contributed by atoms with Crippen molar-refractivity contribution < 1.29 is 4.79 Å². The van der Waals surface area contributed by atoms with Crippen molar-refractivity contribution in [2.75, 3.05) is 0 Å². The Labute approximate surface area is 77.2 Å². The third-order valence-electron chi connectivity index (χ3n) is 2.46. The number of hydrogen-bond acceptors (Lipinski definition) is 2. The molecular weight excluding hydrogens is 164 g/mol. The highest BCUT2D eigenvalue weighted by atomic mass is 16.1. The summed E-state index contributed by atoms with van der Waals surface area (Å²) in [4.78, 5) is 10.7. The highest BCUT2D eigenvalue weighted by Gasteiger charge is 2.11. The molecular formula is C10H12N2O. The van der Waals surface area contributed by atoms with Gasteiger partial charge in [-0.25, -0.2) is 0 Å². The van der Waals surface area contributed by atoms with E-state index in [1.807, 2.05) is 0 Å². The third kappa shape index (κ3) is 1.91. The van der Waals surface area contributed by atoms with Gasteiger partial charge in [0, 0.05) is 6.08 Å². The van der Waals surface area contributed by atoms with Gasteiger partial charge in [0.2, 0.25) is 0 Å². The summed E-state index contributed by atoms with van der Waals surface area (Å²) in [5.74, 6) is -0.250. The summed E-state index contributed by atoms with van der Waals surface area (Å²) in [6.07, 6.45) is 9.32. The number of hydrogen-bond donors (Lipinski definition) is 0. The fourth-order valence-electron chi connectivity index (χ4n) is 1.74. The van der Waals surface area contributed by atoms with Crippen molar-refractivity contribution in [3.05, 3.63) is 23.4 Å². The zero-order valence-electron chi connectivity index (χ0n) is 7.49. The summed E-state index contributed by atoms with van der Waals surface area (Å²) in [6.45, 7) is 0. The molecule has 0 atom stereocenters. The average Bonchev–Trinajstić information content (AvgIpc) is 2.20. The maximum atomic E-state index is 10.7. The van der Waals surface area contributed by atoms with E-state index in [-0.39, 0.29) is 5.91 Å². The molecule has 0 aromatic rings. The van der Waals surface area contributed by atoms with E-state index >= 15 is 0 Å². The first kappa shape index (κ1) is 8.35. The van der Waals surface area contributed by atoms with Crippen LogP contribution in [0.2, 0.25) is 0 Å². The summed E-state index contributed by atoms with van der Waals surface area (Å²) in [6, 6.07) is 0. The van der Waals surface area contributed by atoms with E-state index < -0.39 is 0 Å². The van der Waals surface area contributed by atoms with Gasteiger partial charge in [0.05, 0.1) is 5.70 Å². The molecule has 0 radical (unpaired) electrons.